The Morgan fingerprint density at radius 2 is 2.00 bits per heavy atom. The van der Waals surface area contributed by atoms with E-state index in [-0.39, 0.29) is 12.1 Å². The van der Waals surface area contributed by atoms with E-state index in [1.807, 2.05) is 6.07 Å². The Hall–Kier alpha value is -3.42. The first-order valence-corrected chi connectivity index (χ1v) is 7.94. The summed E-state index contributed by atoms with van der Waals surface area (Å²) in [6, 6.07) is 8.82. The molecule has 0 saturated carbocycles. The van der Waals surface area contributed by atoms with Crippen molar-refractivity contribution in [3.63, 3.8) is 0 Å². The lowest BCUT2D eigenvalue weighted by Gasteiger charge is -2.13. The number of carbonyl (C=O) groups is 1. The average molecular weight is 354 g/mol. The Bertz CT molecular complexity index is 1010. The van der Waals surface area contributed by atoms with Gasteiger partial charge in [0.05, 0.1) is 19.3 Å². The van der Waals surface area contributed by atoms with Crippen molar-refractivity contribution in [1.82, 2.24) is 20.2 Å². The Morgan fingerprint density at radius 3 is 2.69 bits per heavy atom. The summed E-state index contributed by atoms with van der Waals surface area (Å²) in [4.78, 5) is 25.5. The minimum Gasteiger partial charge on any atom is -0.495 e. The number of para-hydroxylation sites is 2. The summed E-state index contributed by atoms with van der Waals surface area (Å²) in [5, 5.41) is 10.1. The number of aryl methyl sites for hydroxylation is 2. The lowest BCUT2D eigenvalue weighted by molar-refractivity contribution is 0.0947. The van der Waals surface area contributed by atoms with Gasteiger partial charge in [0.25, 0.3) is 11.5 Å². The average Bonchev–Trinajstić information content (AvgIpc) is 3.05. The van der Waals surface area contributed by atoms with Gasteiger partial charge in [-0.1, -0.05) is 22.4 Å². The summed E-state index contributed by atoms with van der Waals surface area (Å²) in [5.41, 5.74) is 1.87. The van der Waals surface area contributed by atoms with Crippen molar-refractivity contribution in [3.8, 4) is 11.4 Å². The van der Waals surface area contributed by atoms with E-state index in [4.69, 9.17) is 4.74 Å². The van der Waals surface area contributed by atoms with E-state index in [1.54, 1.807) is 44.3 Å². The Kier molecular flexibility index (Phi) is 4.83. The molecule has 0 unspecified atom stereocenters. The van der Waals surface area contributed by atoms with Gasteiger partial charge in [-0.05, 0) is 37.6 Å². The number of ether oxygens (including phenoxy) is 1. The van der Waals surface area contributed by atoms with Crippen LogP contribution in [0.4, 0.5) is 0 Å². The van der Waals surface area contributed by atoms with Crippen LogP contribution in [0.15, 0.2) is 46.0 Å². The molecule has 0 fully saturated rings. The van der Waals surface area contributed by atoms with Gasteiger partial charge < -0.3 is 10.1 Å². The van der Waals surface area contributed by atoms with Gasteiger partial charge in [-0.3, -0.25) is 14.2 Å². The zero-order valence-corrected chi connectivity index (χ0v) is 14.6. The van der Waals surface area contributed by atoms with Crippen LogP contribution in [-0.4, -0.2) is 27.9 Å². The maximum Gasteiger partial charge on any atom is 0.268 e. The standard InChI is InChI=1S/C18H18N4O4/c1-11-8-9-22(14-6-4-5-7-15(14)25-3)18(24)16(11)17(23)19-10-13-12(2)20-26-21-13/h4-9H,10H2,1-3H3,(H,19,23). The van der Waals surface area contributed by atoms with E-state index < -0.39 is 11.5 Å². The van der Waals surface area contributed by atoms with Crippen molar-refractivity contribution in [2.75, 3.05) is 7.11 Å². The molecule has 8 heteroatoms. The maximum absolute atomic E-state index is 12.9. The summed E-state index contributed by atoms with van der Waals surface area (Å²) < 4.78 is 11.3. The Labute approximate surface area is 149 Å². The highest BCUT2D eigenvalue weighted by molar-refractivity contribution is 5.95. The predicted molar refractivity (Wildman–Crippen MR) is 93.5 cm³/mol. The highest BCUT2D eigenvalue weighted by Crippen LogP contribution is 2.21. The number of benzene rings is 1. The van der Waals surface area contributed by atoms with Gasteiger partial charge in [-0.25, -0.2) is 4.63 Å². The van der Waals surface area contributed by atoms with Crippen LogP contribution in [0.1, 0.15) is 27.3 Å². The summed E-state index contributed by atoms with van der Waals surface area (Å²) in [7, 11) is 1.53. The van der Waals surface area contributed by atoms with Gasteiger partial charge in [0, 0.05) is 6.20 Å². The molecular weight excluding hydrogens is 336 g/mol. The summed E-state index contributed by atoms with van der Waals surface area (Å²) in [6.07, 6.45) is 1.62. The largest absolute Gasteiger partial charge is 0.495 e. The van der Waals surface area contributed by atoms with Crippen LogP contribution in [0, 0.1) is 13.8 Å². The van der Waals surface area contributed by atoms with Crippen molar-refractivity contribution in [2.24, 2.45) is 0 Å². The van der Waals surface area contributed by atoms with Gasteiger partial charge in [-0.15, -0.1) is 0 Å². The van der Waals surface area contributed by atoms with Crippen LogP contribution in [0.2, 0.25) is 0 Å². The molecule has 2 aromatic heterocycles. The SMILES string of the molecule is COc1ccccc1-n1ccc(C)c(C(=O)NCc2nonc2C)c1=O. The lowest BCUT2D eigenvalue weighted by atomic mass is 10.1. The molecule has 0 aliphatic heterocycles. The fourth-order valence-corrected chi connectivity index (χ4v) is 2.58. The first-order chi connectivity index (χ1) is 12.5. The lowest BCUT2D eigenvalue weighted by Crippen LogP contribution is -2.33. The van der Waals surface area contributed by atoms with Crippen LogP contribution >= 0.6 is 0 Å². The summed E-state index contributed by atoms with van der Waals surface area (Å²) in [6.45, 7) is 3.56. The molecule has 3 rings (SSSR count). The minimum atomic E-state index is -0.487. The normalized spacial score (nSPS) is 10.6. The molecule has 26 heavy (non-hydrogen) atoms. The molecule has 0 bridgehead atoms. The number of hydrogen-bond donors (Lipinski definition) is 1. The number of amides is 1. The number of pyridine rings is 1. The third-order valence-electron chi connectivity index (χ3n) is 4.04. The Morgan fingerprint density at radius 1 is 1.23 bits per heavy atom. The molecule has 1 aromatic carbocycles. The molecule has 0 aliphatic carbocycles. The monoisotopic (exact) mass is 354 g/mol. The maximum atomic E-state index is 12.9. The fourth-order valence-electron chi connectivity index (χ4n) is 2.58. The van der Waals surface area contributed by atoms with Crippen LogP contribution in [0.25, 0.3) is 5.69 Å². The summed E-state index contributed by atoms with van der Waals surface area (Å²) >= 11 is 0. The van der Waals surface area contributed by atoms with Gasteiger partial charge >= 0.3 is 0 Å². The second kappa shape index (κ2) is 7.22. The molecule has 3 aromatic rings. The smallest absolute Gasteiger partial charge is 0.268 e. The van der Waals surface area contributed by atoms with Crippen LogP contribution < -0.4 is 15.6 Å². The Balaban J connectivity index is 1.96. The van der Waals surface area contributed by atoms with E-state index in [0.29, 0.717) is 28.4 Å². The first-order valence-electron chi connectivity index (χ1n) is 7.94. The van der Waals surface area contributed by atoms with E-state index in [9.17, 15) is 9.59 Å². The van der Waals surface area contributed by atoms with Crippen LogP contribution in [0.3, 0.4) is 0 Å². The highest BCUT2D eigenvalue weighted by atomic mass is 16.6. The molecule has 0 radical (unpaired) electrons. The number of methoxy groups -OCH3 is 1. The molecule has 2 heterocycles. The zero-order chi connectivity index (χ0) is 18.7. The van der Waals surface area contributed by atoms with Crippen molar-refractivity contribution in [3.05, 3.63) is 69.4 Å². The fraction of sp³-hybridized carbons (Fsp3) is 0.222. The zero-order valence-electron chi connectivity index (χ0n) is 14.6. The number of rotatable bonds is 5. The van der Waals surface area contributed by atoms with Gasteiger partial charge in [0.2, 0.25) is 0 Å². The third-order valence-corrected chi connectivity index (χ3v) is 4.04. The van der Waals surface area contributed by atoms with E-state index >= 15 is 0 Å². The van der Waals surface area contributed by atoms with Crippen LogP contribution in [-0.2, 0) is 6.54 Å². The third kappa shape index (κ3) is 3.21. The molecule has 0 spiro atoms. The second-order valence-electron chi connectivity index (χ2n) is 5.70. The number of carbonyl (C=O) groups excluding carboxylic acids is 1. The number of aromatic nitrogens is 3. The van der Waals surface area contributed by atoms with Gasteiger partial charge in [0.1, 0.15) is 22.7 Å². The van der Waals surface area contributed by atoms with Gasteiger partial charge in [-0.2, -0.15) is 0 Å². The van der Waals surface area contributed by atoms with E-state index in [2.05, 4.69) is 20.3 Å². The highest BCUT2D eigenvalue weighted by Gasteiger charge is 2.18. The summed E-state index contributed by atoms with van der Waals surface area (Å²) in [5.74, 6) is 0.0493. The molecule has 0 atom stereocenters. The van der Waals surface area contributed by atoms with E-state index in [0.717, 1.165) is 0 Å². The minimum absolute atomic E-state index is 0.0625. The molecule has 8 nitrogen and oxygen atoms in total. The molecule has 1 N–H and O–H groups in total. The molecule has 1 amide bonds. The van der Waals surface area contributed by atoms with Crippen molar-refractivity contribution in [1.29, 1.82) is 0 Å². The van der Waals surface area contributed by atoms with Gasteiger partial charge in [0.15, 0.2) is 0 Å². The van der Waals surface area contributed by atoms with E-state index in [1.165, 1.54) is 11.7 Å². The quantitative estimate of drug-likeness (QED) is 0.750. The van der Waals surface area contributed by atoms with Crippen LogP contribution in [0.5, 0.6) is 5.75 Å². The predicted octanol–water partition coefficient (Wildman–Crippen LogP) is 1.78. The number of hydrogen-bond acceptors (Lipinski definition) is 6. The second-order valence-corrected chi connectivity index (χ2v) is 5.70. The number of nitrogens with zero attached hydrogens (tertiary/aromatic N) is 3. The molecule has 0 saturated heterocycles. The molecular formula is C18H18N4O4. The number of nitrogens with one attached hydrogen (secondary N) is 1. The molecule has 0 aliphatic rings. The van der Waals surface area contributed by atoms with Crippen molar-refractivity contribution >= 4 is 5.91 Å². The topological polar surface area (TPSA) is 99.2 Å². The first kappa shape index (κ1) is 17.4. The van der Waals surface area contributed by atoms with Crippen molar-refractivity contribution < 1.29 is 14.2 Å². The molecule has 134 valence electrons. The van der Waals surface area contributed by atoms with Crippen molar-refractivity contribution in [2.45, 2.75) is 20.4 Å².